The Morgan fingerprint density at radius 1 is 1.33 bits per heavy atom. The van der Waals surface area contributed by atoms with Crippen molar-refractivity contribution in [2.45, 2.75) is 80.2 Å². The molecule has 0 saturated heterocycles. The van der Waals surface area contributed by atoms with E-state index in [9.17, 15) is 5.26 Å². The van der Waals surface area contributed by atoms with E-state index in [0.29, 0.717) is 11.8 Å². The van der Waals surface area contributed by atoms with Crippen molar-refractivity contribution in [2.24, 2.45) is 11.3 Å². The highest BCUT2D eigenvalue weighted by molar-refractivity contribution is 5.25. The molecule has 0 saturated carbocycles. The second-order valence-electron chi connectivity index (χ2n) is 7.98. The van der Waals surface area contributed by atoms with E-state index >= 15 is 0 Å². The van der Waals surface area contributed by atoms with Gasteiger partial charge in [0.05, 0.1) is 5.69 Å². The number of rotatable bonds is 9. The summed E-state index contributed by atoms with van der Waals surface area (Å²) in [7, 11) is 0. The molecular weight excluding hydrogens is 294 g/mol. The van der Waals surface area contributed by atoms with Crippen molar-refractivity contribution in [3.8, 4) is 6.19 Å². The maximum Gasteiger partial charge on any atom is 0.205 e. The van der Waals surface area contributed by atoms with Gasteiger partial charge in [-0.05, 0) is 37.5 Å². The van der Waals surface area contributed by atoms with Gasteiger partial charge >= 0.3 is 0 Å². The molecule has 1 aromatic rings. The molecule has 0 fully saturated rings. The quantitative estimate of drug-likeness (QED) is 0.504. The topological polar surface area (TPSA) is 33.6 Å². The molecule has 0 radical (unpaired) electrons. The van der Waals surface area contributed by atoms with Crippen molar-refractivity contribution < 1.29 is 0 Å². The fourth-order valence-corrected chi connectivity index (χ4v) is 3.67. The first-order valence-corrected chi connectivity index (χ1v) is 9.24. The van der Waals surface area contributed by atoms with Gasteiger partial charge in [0.15, 0.2) is 0 Å². The van der Waals surface area contributed by atoms with Crippen LogP contribution in [0.25, 0.3) is 0 Å². The van der Waals surface area contributed by atoms with Crippen LogP contribution in [0.1, 0.15) is 79.3 Å². The summed E-state index contributed by atoms with van der Waals surface area (Å²) in [6.45, 7) is 16.4. The number of aromatic nitrogens is 2. The third kappa shape index (κ3) is 5.44. The van der Waals surface area contributed by atoms with E-state index in [0.717, 1.165) is 31.5 Å². The molecule has 0 aromatic carbocycles. The molecule has 134 valence electrons. The van der Waals surface area contributed by atoms with E-state index in [4.69, 9.17) is 0 Å². The monoisotopic (exact) mass is 329 g/mol. The summed E-state index contributed by atoms with van der Waals surface area (Å²) < 4.78 is 3.86. The molecule has 0 amide bonds. The highest BCUT2D eigenvalue weighted by Gasteiger charge is 2.25. The standard InChI is InChI=1S/C21H35N3/c1-8-10-11-12-19(9-2)18(5)20-14-23(24(20)16-22)15-21(6,7)13-17(3)4/h8,10,12,14,17-18H,9,11,13,15H2,1-7H3/b10-8-,19-12-. The Morgan fingerprint density at radius 2 is 2.00 bits per heavy atom. The number of allylic oxidation sites excluding steroid dienone is 4. The number of nitriles is 1. The molecule has 24 heavy (non-hydrogen) atoms. The van der Waals surface area contributed by atoms with Gasteiger partial charge in [0.25, 0.3) is 0 Å². The van der Waals surface area contributed by atoms with Gasteiger partial charge in [0.1, 0.15) is 0 Å². The van der Waals surface area contributed by atoms with Crippen LogP contribution in [-0.2, 0) is 6.54 Å². The first kappa shape index (κ1) is 20.4. The normalized spacial score (nSPS) is 14.5. The SMILES string of the molecule is C/C=C\C/C=C(/CC)C(C)c1cn(CC(C)(C)CC(C)C)n1C#N. The first-order valence-electron chi connectivity index (χ1n) is 9.24. The number of nitrogens with zero attached hydrogens (tertiary/aromatic N) is 3. The molecule has 0 N–H and O–H groups in total. The van der Waals surface area contributed by atoms with Gasteiger partial charge in [-0.1, -0.05) is 65.3 Å². The fourth-order valence-electron chi connectivity index (χ4n) is 3.67. The van der Waals surface area contributed by atoms with Crippen LogP contribution in [0.3, 0.4) is 0 Å². The molecule has 0 aliphatic heterocycles. The molecule has 3 nitrogen and oxygen atoms in total. The Hall–Kier alpha value is -1.69. The van der Waals surface area contributed by atoms with Gasteiger partial charge in [0.2, 0.25) is 6.19 Å². The fraction of sp³-hybridized carbons (Fsp3) is 0.667. The van der Waals surface area contributed by atoms with Crippen molar-refractivity contribution in [3.05, 3.63) is 35.7 Å². The van der Waals surface area contributed by atoms with Gasteiger partial charge in [-0.3, -0.25) is 4.68 Å². The van der Waals surface area contributed by atoms with E-state index < -0.39 is 0 Å². The second kappa shape index (κ2) is 8.97. The molecule has 1 rings (SSSR count). The molecule has 0 bridgehead atoms. The minimum atomic E-state index is 0.198. The highest BCUT2D eigenvalue weighted by Crippen LogP contribution is 2.32. The molecule has 0 spiro atoms. The van der Waals surface area contributed by atoms with E-state index in [1.54, 1.807) is 4.68 Å². The van der Waals surface area contributed by atoms with Crippen LogP contribution in [0.2, 0.25) is 0 Å². The highest BCUT2D eigenvalue weighted by atomic mass is 15.4. The largest absolute Gasteiger partial charge is 0.277 e. The zero-order valence-electron chi connectivity index (χ0n) is 16.6. The maximum absolute atomic E-state index is 9.59. The van der Waals surface area contributed by atoms with Crippen molar-refractivity contribution in [2.75, 3.05) is 0 Å². The molecule has 3 heteroatoms. The number of hydrogen-bond acceptors (Lipinski definition) is 1. The summed E-state index contributed by atoms with van der Waals surface area (Å²) in [6.07, 6.45) is 14.2. The predicted octanol–water partition coefficient (Wildman–Crippen LogP) is 6.10. The van der Waals surface area contributed by atoms with Crippen LogP contribution in [-0.4, -0.2) is 9.36 Å². The molecule has 0 aliphatic rings. The van der Waals surface area contributed by atoms with Crippen LogP contribution in [0, 0.1) is 22.8 Å². The van der Waals surface area contributed by atoms with Crippen molar-refractivity contribution in [1.82, 2.24) is 9.36 Å². The number of hydrogen-bond donors (Lipinski definition) is 0. The molecule has 0 aliphatic carbocycles. The Balaban J connectivity index is 2.92. The Bertz CT molecular complexity index is 603. The Kier molecular flexibility index (Phi) is 7.60. The predicted molar refractivity (Wildman–Crippen MR) is 103 cm³/mol. The third-order valence-corrected chi connectivity index (χ3v) is 4.59. The zero-order chi connectivity index (χ0) is 18.3. The minimum absolute atomic E-state index is 0.198. The van der Waals surface area contributed by atoms with Gasteiger partial charge in [-0.2, -0.15) is 9.94 Å². The molecule has 1 aromatic heterocycles. The van der Waals surface area contributed by atoms with Crippen molar-refractivity contribution in [1.29, 1.82) is 5.26 Å². The van der Waals surface area contributed by atoms with E-state index in [2.05, 4.69) is 76.8 Å². The lowest BCUT2D eigenvalue weighted by Crippen LogP contribution is -2.32. The Labute approximate surface area is 148 Å². The van der Waals surface area contributed by atoms with Crippen LogP contribution in [0.5, 0.6) is 0 Å². The van der Waals surface area contributed by atoms with Gasteiger partial charge < -0.3 is 0 Å². The maximum atomic E-state index is 9.59. The average molecular weight is 330 g/mol. The van der Waals surface area contributed by atoms with E-state index in [1.165, 1.54) is 5.57 Å². The smallest absolute Gasteiger partial charge is 0.205 e. The van der Waals surface area contributed by atoms with E-state index in [1.807, 2.05) is 6.92 Å². The van der Waals surface area contributed by atoms with Crippen LogP contribution in [0.4, 0.5) is 0 Å². The van der Waals surface area contributed by atoms with E-state index in [-0.39, 0.29) is 5.41 Å². The second-order valence-corrected chi connectivity index (χ2v) is 7.98. The first-order chi connectivity index (χ1) is 11.3. The third-order valence-electron chi connectivity index (χ3n) is 4.59. The minimum Gasteiger partial charge on any atom is -0.277 e. The summed E-state index contributed by atoms with van der Waals surface area (Å²) in [6, 6.07) is 0. The molecule has 1 unspecified atom stereocenters. The summed E-state index contributed by atoms with van der Waals surface area (Å²) in [5.41, 5.74) is 2.72. The molecular formula is C21H35N3. The summed E-state index contributed by atoms with van der Waals surface area (Å²) in [4.78, 5) is 0. The van der Waals surface area contributed by atoms with Crippen LogP contribution < -0.4 is 0 Å². The van der Waals surface area contributed by atoms with Gasteiger partial charge in [0, 0.05) is 18.7 Å². The van der Waals surface area contributed by atoms with Crippen molar-refractivity contribution >= 4 is 0 Å². The lowest BCUT2D eigenvalue weighted by Gasteiger charge is -2.33. The zero-order valence-corrected chi connectivity index (χ0v) is 16.6. The van der Waals surface area contributed by atoms with Gasteiger partial charge in [-0.25, -0.2) is 0 Å². The summed E-state index contributed by atoms with van der Waals surface area (Å²) >= 11 is 0. The lowest BCUT2D eigenvalue weighted by atomic mass is 9.84. The summed E-state index contributed by atoms with van der Waals surface area (Å²) in [5.74, 6) is 0.963. The lowest BCUT2D eigenvalue weighted by molar-refractivity contribution is 0.217. The Morgan fingerprint density at radius 3 is 2.50 bits per heavy atom. The van der Waals surface area contributed by atoms with Gasteiger partial charge in [-0.15, -0.1) is 0 Å². The van der Waals surface area contributed by atoms with Crippen LogP contribution in [0.15, 0.2) is 30.0 Å². The van der Waals surface area contributed by atoms with Crippen molar-refractivity contribution in [3.63, 3.8) is 0 Å². The summed E-state index contributed by atoms with van der Waals surface area (Å²) in [5, 5.41) is 9.59. The average Bonchev–Trinajstić information content (AvgIpc) is 2.46. The van der Waals surface area contributed by atoms with Crippen LogP contribution >= 0.6 is 0 Å². The molecule has 1 atom stereocenters. The molecule has 1 heterocycles.